The second-order valence-electron chi connectivity index (χ2n) is 4.55. The van der Waals surface area contributed by atoms with Gasteiger partial charge in [0.2, 0.25) is 0 Å². The normalized spacial score (nSPS) is 14.3. The molecule has 4 heteroatoms. The quantitative estimate of drug-likeness (QED) is 0.906. The number of anilines is 1. The van der Waals surface area contributed by atoms with Crippen molar-refractivity contribution in [1.29, 1.82) is 0 Å². The molecule has 0 aliphatic heterocycles. The van der Waals surface area contributed by atoms with Gasteiger partial charge in [0.15, 0.2) is 0 Å². The van der Waals surface area contributed by atoms with E-state index in [9.17, 15) is 0 Å². The van der Waals surface area contributed by atoms with Crippen LogP contribution in [0, 0.1) is 0 Å². The predicted molar refractivity (Wildman–Crippen MR) is 77.5 cm³/mol. The van der Waals surface area contributed by atoms with Gasteiger partial charge in [0, 0.05) is 15.6 Å². The minimum atomic E-state index is 0.769. The highest BCUT2D eigenvalue weighted by molar-refractivity contribution is 7.11. The Kier molecular flexibility index (Phi) is 3.52. The summed E-state index contributed by atoms with van der Waals surface area (Å²) in [6.45, 7) is 0.805. The summed E-state index contributed by atoms with van der Waals surface area (Å²) >= 11 is 7.72. The molecule has 0 saturated carbocycles. The molecule has 2 aromatic rings. The minimum absolute atomic E-state index is 0.769. The maximum Gasteiger partial charge on any atom is 0.112 e. The van der Waals surface area contributed by atoms with Crippen molar-refractivity contribution in [2.75, 3.05) is 5.32 Å². The molecule has 1 aliphatic rings. The molecule has 1 aliphatic carbocycles. The highest BCUT2D eigenvalue weighted by Gasteiger charge is 2.14. The van der Waals surface area contributed by atoms with Gasteiger partial charge in [-0.2, -0.15) is 0 Å². The number of benzene rings is 1. The van der Waals surface area contributed by atoms with Crippen LogP contribution in [0.5, 0.6) is 0 Å². The highest BCUT2D eigenvalue weighted by atomic mass is 35.5. The molecule has 0 atom stereocenters. The zero-order chi connectivity index (χ0) is 12.4. The lowest BCUT2D eigenvalue weighted by atomic mass is 10.0. The van der Waals surface area contributed by atoms with Gasteiger partial charge in [0.1, 0.15) is 5.01 Å². The van der Waals surface area contributed by atoms with Gasteiger partial charge in [0.25, 0.3) is 0 Å². The summed E-state index contributed by atoms with van der Waals surface area (Å²) in [6.07, 6.45) is 4.99. The standard InChI is InChI=1S/C14H15ClN2S/c15-10-5-7-11(8-6-10)16-9-14-17-12-3-1-2-4-13(12)18-14/h5-8,16H,1-4,9H2. The van der Waals surface area contributed by atoms with Gasteiger partial charge in [-0.1, -0.05) is 11.6 Å². The lowest BCUT2D eigenvalue weighted by Gasteiger charge is -2.06. The fourth-order valence-electron chi connectivity index (χ4n) is 2.23. The van der Waals surface area contributed by atoms with Crippen LogP contribution in [0.2, 0.25) is 5.02 Å². The number of rotatable bonds is 3. The summed E-state index contributed by atoms with van der Waals surface area (Å²) in [5, 5.41) is 5.35. The van der Waals surface area contributed by atoms with E-state index in [1.54, 1.807) is 0 Å². The summed E-state index contributed by atoms with van der Waals surface area (Å²) in [5.41, 5.74) is 2.42. The summed E-state index contributed by atoms with van der Waals surface area (Å²) < 4.78 is 0. The van der Waals surface area contributed by atoms with Gasteiger partial charge < -0.3 is 5.32 Å². The molecule has 0 unspecified atom stereocenters. The Bertz CT molecular complexity index is 510. The van der Waals surface area contributed by atoms with E-state index in [4.69, 9.17) is 16.6 Å². The van der Waals surface area contributed by atoms with Crippen molar-refractivity contribution < 1.29 is 0 Å². The van der Waals surface area contributed by atoms with E-state index in [2.05, 4.69) is 5.32 Å². The molecule has 0 radical (unpaired) electrons. The number of aromatic nitrogens is 1. The van der Waals surface area contributed by atoms with E-state index in [1.165, 1.54) is 34.8 Å². The van der Waals surface area contributed by atoms with Crippen LogP contribution < -0.4 is 5.32 Å². The monoisotopic (exact) mass is 278 g/mol. The molecule has 1 N–H and O–H groups in total. The minimum Gasteiger partial charge on any atom is -0.379 e. The van der Waals surface area contributed by atoms with Crippen LogP contribution in [0.1, 0.15) is 28.4 Å². The number of fused-ring (bicyclic) bond motifs is 1. The van der Waals surface area contributed by atoms with Gasteiger partial charge in [-0.25, -0.2) is 4.98 Å². The topological polar surface area (TPSA) is 24.9 Å². The van der Waals surface area contributed by atoms with Gasteiger partial charge >= 0.3 is 0 Å². The van der Waals surface area contributed by atoms with Crippen molar-refractivity contribution in [3.8, 4) is 0 Å². The first-order valence-electron chi connectivity index (χ1n) is 6.28. The number of hydrogen-bond donors (Lipinski definition) is 1. The molecule has 0 amide bonds. The number of nitrogens with one attached hydrogen (secondary N) is 1. The van der Waals surface area contributed by atoms with E-state index in [0.29, 0.717) is 0 Å². The highest BCUT2D eigenvalue weighted by Crippen LogP contribution is 2.27. The molecule has 1 aromatic heterocycles. The summed E-state index contributed by atoms with van der Waals surface area (Å²) in [5.74, 6) is 0. The van der Waals surface area contributed by atoms with Crippen molar-refractivity contribution in [3.63, 3.8) is 0 Å². The van der Waals surface area contributed by atoms with Crippen LogP contribution in [0.4, 0.5) is 5.69 Å². The lowest BCUT2D eigenvalue weighted by Crippen LogP contribution is -2.00. The largest absolute Gasteiger partial charge is 0.379 e. The van der Waals surface area contributed by atoms with Crippen LogP contribution in [0.25, 0.3) is 0 Å². The number of thiazole rings is 1. The molecule has 94 valence electrons. The molecule has 1 aromatic carbocycles. The second kappa shape index (κ2) is 5.29. The van der Waals surface area contributed by atoms with E-state index in [1.807, 2.05) is 35.6 Å². The van der Waals surface area contributed by atoms with Crippen molar-refractivity contribution in [1.82, 2.24) is 4.98 Å². The Morgan fingerprint density at radius 3 is 2.72 bits per heavy atom. The third-order valence-electron chi connectivity index (χ3n) is 3.18. The van der Waals surface area contributed by atoms with E-state index >= 15 is 0 Å². The van der Waals surface area contributed by atoms with Crippen LogP contribution in [-0.4, -0.2) is 4.98 Å². The fraction of sp³-hybridized carbons (Fsp3) is 0.357. The smallest absolute Gasteiger partial charge is 0.112 e. The van der Waals surface area contributed by atoms with Crippen molar-refractivity contribution >= 4 is 28.6 Å². The summed E-state index contributed by atoms with van der Waals surface area (Å²) in [7, 11) is 0. The molecule has 0 bridgehead atoms. The van der Waals surface area contributed by atoms with Crippen molar-refractivity contribution in [2.45, 2.75) is 32.2 Å². The molecule has 3 rings (SSSR count). The van der Waals surface area contributed by atoms with Gasteiger partial charge in [0.05, 0.1) is 12.2 Å². The average Bonchev–Trinajstić information content (AvgIpc) is 2.81. The van der Waals surface area contributed by atoms with E-state index in [-0.39, 0.29) is 0 Å². The zero-order valence-electron chi connectivity index (χ0n) is 10.1. The van der Waals surface area contributed by atoms with Gasteiger partial charge in [-0.05, 0) is 49.9 Å². The van der Waals surface area contributed by atoms with Crippen LogP contribution in [0.3, 0.4) is 0 Å². The Morgan fingerprint density at radius 1 is 1.17 bits per heavy atom. The third-order valence-corrected chi connectivity index (χ3v) is 4.59. The number of nitrogens with zero attached hydrogens (tertiary/aromatic N) is 1. The molecule has 18 heavy (non-hydrogen) atoms. The SMILES string of the molecule is Clc1ccc(NCc2nc3c(s2)CCCC3)cc1. The Morgan fingerprint density at radius 2 is 1.94 bits per heavy atom. The maximum atomic E-state index is 5.86. The molecular weight excluding hydrogens is 264 g/mol. The first-order chi connectivity index (χ1) is 8.81. The number of aryl methyl sites for hydroxylation is 2. The zero-order valence-corrected chi connectivity index (χ0v) is 11.7. The number of hydrogen-bond acceptors (Lipinski definition) is 3. The molecule has 2 nitrogen and oxygen atoms in total. The summed E-state index contributed by atoms with van der Waals surface area (Å²) in [6, 6.07) is 7.79. The van der Waals surface area contributed by atoms with Gasteiger partial charge in [-0.15, -0.1) is 11.3 Å². The Balaban J connectivity index is 1.66. The van der Waals surface area contributed by atoms with Crippen LogP contribution in [-0.2, 0) is 19.4 Å². The predicted octanol–water partition coefficient (Wildman–Crippen LogP) is 4.29. The Hall–Kier alpha value is -1.06. The third kappa shape index (κ3) is 2.68. The first-order valence-corrected chi connectivity index (χ1v) is 7.47. The second-order valence-corrected chi connectivity index (χ2v) is 6.15. The molecular formula is C14H15ClN2S. The average molecular weight is 279 g/mol. The van der Waals surface area contributed by atoms with E-state index < -0.39 is 0 Å². The summed E-state index contributed by atoms with van der Waals surface area (Å²) in [4.78, 5) is 6.21. The molecule has 0 spiro atoms. The fourth-order valence-corrected chi connectivity index (χ4v) is 3.45. The van der Waals surface area contributed by atoms with Crippen molar-refractivity contribution in [3.05, 3.63) is 44.9 Å². The molecule has 1 heterocycles. The first kappa shape index (κ1) is 12.0. The van der Waals surface area contributed by atoms with E-state index in [0.717, 1.165) is 23.7 Å². The van der Waals surface area contributed by atoms with Crippen LogP contribution >= 0.6 is 22.9 Å². The Labute approximate surface area is 116 Å². The lowest BCUT2D eigenvalue weighted by molar-refractivity contribution is 0.681. The molecule has 0 fully saturated rings. The maximum absolute atomic E-state index is 5.86. The van der Waals surface area contributed by atoms with Crippen LogP contribution in [0.15, 0.2) is 24.3 Å². The number of halogens is 1. The van der Waals surface area contributed by atoms with Gasteiger partial charge in [-0.3, -0.25) is 0 Å². The van der Waals surface area contributed by atoms with Crippen molar-refractivity contribution in [2.24, 2.45) is 0 Å². The molecule has 0 saturated heterocycles.